The Morgan fingerprint density at radius 3 is 2.52 bits per heavy atom. The molecule has 2 amide bonds. The van der Waals surface area contributed by atoms with Crippen LogP contribution in [0.15, 0.2) is 59.8 Å². The molecule has 12 nitrogen and oxygen atoms in total. The zero-order chi connectivity index (χ0) is 36.9. The number of nitrogens with zero attached hydrogens (tertiary/aromatic N) is 1. The maximum atomic E-state index is 13.3. The maximum absolute atomic E-state index is 13.3. The van der Waals surface area contributed by atoms with E-state index in [1.165, 1.54) is 29.2 Å². The topological polar surface area (TPSA) is 161 Å². The summed E-state index contributed by atoms with van der Waals surface area (Å²) in [6.45, 7) is 4.13. The van der Waals surface area contributed by atoms with E-state index in [1.54, 1.807) is 19.2 Å². The lowest BCUT2D eigenvalue weighted by Crippen LogP contribution is -2.74. The molecule has 2 saturated heterocycles. The van der Waals surface area contributed by atoms with Gasteiger partial charge in [0, 0.05) is 35.6 Å². The van der Waals surface area contributed by atoms with Crippen molar-refractivity contribution < 1.29 is 48.6 Å². The van der Waals surface area contributed by atoms with Gasteiger partial charge in [0.15, 0.2) is 5.60 Å². The highest BCUT2D eigenvalue weighted by atomic mass is 35.5. The molecule has 2 saturated carbocycles. The van der Waals surface area contributed by atoms with E-state index in [0.29, 0.717) is 28.5 Å². The summed E-state index contributed by atoms with van der Waals surface area (Å²) in [6, 6.07) is 11.6. The highest BCUT2D eigenvalue weighted by molar-refractivity contribution is 8.00. The number of thioether (sulfide) groups is 1. The minimum absolute atomic E-state index is 0.0703. The van der Waals surface area contributed by atoms with Crippen molar-refractivity contribution in [1.29, 1.82) is 0 Å². The van der Waals surface area contributed by atoms with Crippen LogP contribution in [-0.2, 0) is 45.9 Å². The quantitative estimate of drug-likeness (QED) is 0.153. The van der Waals surface area contributed by atoms with Gasteiger partial charge in [0.25, 0.3) is 11.7 Å². The molecule has 2 aliphatic carbocycles. The van der Waals surface area contributed by atoms with Crippen molar-refractivity contribution >= 4 is 53.2 Å². The van der Waals surface area contributed by atoms with E-state index in [0.717, 1.165) is 30.9 Å². The fraction of sp³-hybridized carbons (Fsp3) is 0.474. The average molecular weight is 753 g/mol. The van der Waals surface area contributed by atoms with E-state index >= 15 is 0 Å². The molecule has 2 aromatic rings. The van der Waals surface area contributed by atoms with Crippen molar-refractivity contribution in [2.24, 2.45) is 23.7 Å². The van der Waals surface area contributed by atoms with Gasteiger partial charge in [-0.25, -0.2) is 14.5 Å². The molecule has 1 spiro atoms. The van der Waals surface area contributed by atoms with E-state index in [9.17, 15) is 29.4 Å². The predicted molar refractivity (Wildman–Crippen MR) is 191 cm³/mol. The minimum atomic E-state index is -1.38. The van der Waals surface area contributed by atoms with Crippen LogP contribution < -0.4 is 10.1 Å². The van der Waals surface area contributed by atoms with Crippen LogP contribution in [0.4, 0.5) is 0 Å². The molecule has 14 heteroatoms. The van der Waals surface area contributed by atoms with Crippen LogP contribution in [-0.4, -0.2) is 75.4 Å². The van der Waals surface area contributed by atoms with Crippen LogP contribution in [0.1, 0.15) is 56.2 Å². The number of rotatable bonds is 11. The summed E-state index contributed by atoms with van der Waals surface area (Å²) in [5, 5.41) is 22.0. The second kappa shape index (κ2) is 14.2. The normalized spacial score (nSPS) is 32.2. The fourth-order valence-corrected chi connectivity index (χ4v) is 10.8. The van der Waals surface area contributed by atoms with Crippen LogP contribution in [0.2, 0.25) is 5.02 Å². The third kappa shape index (κ3) is 6.00. The second-order valence-electron chi connectivity index (χ2n) is 14.5. The lowest BCUT2D eigenvalue weighted by Gasteiger charge is -2.65. The van der Waals surface area contributed by atoms with E-state index in [-0.39, 0.29) is 53.0 Å². The Labute approximate surface area is 310 Å². The average Bonchev–Trinajstić information content (AvgIpc) is 3.09. The number of amides is 2. The molecule has 3 N–H and O–H groups in total. The summed E-state index contributed by atoms with van der Waals surface area (Å²) in [6.07, 6.45) is 6.40. The number of ether oxygens (including phenoxy) is 2. The van der Waals surface area contributed by atoms with Gasteiger partial charge < -0.3 is 25.0 Å². The Morgan fingerprint density at radius 1 is 1.08 bits per heavy atom. The number of methoxy groups -OCH3 is 1. The molecule has 3 heterocycles. The Hall–Kier alpha value is -3.88. The zero-order valence-corrected chi connectivity index (χ0v) is 30.6. The van der Waals surface area contributed by atoms with Crippen molar-refractivity contribution in [2.45, 2.75) is 68.8 Å². The summed E-state index contributed by atoms with van der Waals surface area (Å²) < 4.78 is 12.5. The molecule has 0 aromatic heterocycles. The molecular weight excluding hydrogens is 712 g/mol. The summed E-state index contributed by atoms with van der Waals surface area (Å²) >= 11 is 8.50. The van der Waals surface area contributed by atoms with Crippen LogP contribution in [0.3, 0.4) is 0 Å². The van der Waals surface area contributed by atoms with Gasteiger partial charge in [-0.15, -0.1) is 11.8 Å². The SMILES string of the molecule is COC1(c2ccc(/C=C/C(=O)O)c(OCC3=C(C(=O)O)N4C(=O)C(NC(=O)Cc5ccccc5)C4SC3)c2Cl)OOC12C(C)CC1CC(C)CC2C1. The van der Waals surface area contributed by atoms with E-state index in [1.807, 2.05) is 30.3 Å². The Kier molecular flexibility index (Phi) is 9.94. The number of carboxylic acids is 2. The molecule has 8 unspecified atom stereocenters. The number of benzene rings is 2. The molecular formula is C38H41ClN2O10S. The van der Waals surface area contributed by atoms with Gasteiger partial charge >= 0.3 is 11.9 Å². The number of hydrogen-bond donors (Lipinski definition) is 3. The van der Waals surface area contributed by atoms with Gasteiger partial charge in [-0.3, -0.25) is 14.5 Å². The lowest BCUT2D eigenvalue weighted by molar-refractivity contribution is -0.641. The first kappa shape index (κ1) is 36.5. The van der Waals surface area contributed by atoms with Crippen molar-refractivity contribution in [3.63, 3.8) is 0 Å². The molecule has 5 aliphatic rings. The number of halogens is 1. The molecule has 4 fully saturated rings. The van der Waals surface area contributed by atoms with Crippen LogP contribution in [0.5, 0.6) is 5.75 Å². The maximum Gasteiger partial charge on any atom is 0.352 e. The van der Waals surface area contributed by atoms with E-state index in [2.05, 4.69) is 19.2 Å². The standard InChI is InChI=1S/C38H41ClN2O10S/c1-20-13-23-15-21(2)37(26(14-20)16-23)38(48-3,51-50-37)27-11-9-24(10-12-29(43)44)33(30(27)39)49-18-25-19-52-35-31(34(45)41(35)32(25)36(46)47)40-28(42)17-22-7-5-4-6-8-22/h4-12,20-21,23,26,31,35H,13-19H2,1-3H3,(H,40,42)(H,43,44)(H,46,47)/b12-10+. The van der Waals surface area contributed by atoms with Gasteiger partial charge in [0.05, 0.1) is 11.4 Å². The Morgan fingerprint density at radius 2 is 1.85 bits per heavy atom. The van der Waals surface area contributed by atoms with E-state index in [4.69, 9.17) is 30.8 Å². The van der Waals surface area contributed by atoms with Gasteiger partial charge in [-0.1, -0.05) is 67.9 Å². The number of carbonyl (C=O) groups is 4. The first-order valence-corrected chi connectivity index (χ1v) is 18.8. The van der Waals surface area contributed by atoms with Crippen LogP contribution in [0.25, 0.3) is 6.08 Å². The van der Waals surface area contributed by atoms with Crippen molar-refractivity contribution in [3.8, 4) is 5.75 Å². The van der Waals surface area contributed by atoms with Crippen molar-refractivity contribution in [2.75, 3.05) is 19.5 Å². The van der Waals surface area contributed by atoms with Crippen molar-refractivity contribution in [1.82, 2.24) is 10.2 Å². The lowest BCUT2D eigenvalue weighted by atomic mass is 9.54. The first-order chi connectivity index (χ1) is 24.9. The second-order valence-corrected chi connectivity index (χ2v) is 16.0. The van der Waals surface area contributed by atoms with E-state index < -0.39 is 40.6 Å². The van der Waals surface area contributed by atoms with Gasteiger partial charge in [0.2, 0.25) is 5.91 Å². The van der Waals surface area contributed by atoms with Crippen LogP contribution >= 0.6 is 23.4 Å². The largest absolute Gasteiger partial charge is 0.487 e. The number of fused-ring (bicyclic) bond motifs is 4. The highest BCUT2D eigenvalue weighted by Crippen LogP contribution is 2.65. The molecule has 0 radical (unpaired) electrons. The zero-order valence-electron chi connectivity index (χ0n) is 29.0. The van der Waals surface area contributed by atoms with Gasteiger partial charge in [-0.2, -0.15) is 4.89 Å². The number of hydrogen-bond acceptors (Lipinski definition) is 9. The number of β-lactam (4-membered cyclic amide) rings is 1. The predicted octanol–water partition coefficient (Wildman–Crippen LogP) is 5.39. The van der Waals surface area contributed by atoms with Crippen molar-refractivity contribution in [3.05, 3.63) is 81.5 Å². The summed E-state index contributed by atoms with van der Waals surface area (Å²) in [4.78, 5) is 63.4. The van der Waals surface area contributed by atoms with Gasteiger partial charge in [-0.05, 0) is 61.0 Å². The number of nitrogens with one attached hydrogen (secondary N) is 1. The summed E-state index contributed by atoms with van der Waals surface area (Å²) in [5.41, 5.74) is 0.836. The molecule has 52 heavy (non-hydrogen) atoms. The number of carbonyl (C=O) groups excluding carboxylic acids is 2. The fourth-order valence-electron chi connectivity index (χ4n) is 9.11. The van der Waals surface area contributed by atoms with Crippen LogP contribution in [0, 0.1) is 23.7 Å². The third-order valence-electron chi connectivity index (χ3n) is 11.2. The summed E-state index contributed by atoms with van der Waals surface area (Å²) in [5.74, 6) is -3.16. The number of aliphatic carboxylic acids is 2. The minimum Gasteiger partial charge on any atom is -0.487 e. The molecule has 2 aromatic carbocycles. The molecule has 2 bridgehead atoms. The highest BCUT2D eigenvalue weighted by Gasteiger charge is 2.74. The summed E-state index contributed by atoms with van der Waals surface area (Å²) in [7, 11) is 1.55. The first-order valence-electron chi connectivity index (χ1n) is 17.4. The molecule has 276 valence electrons. The molecule has 8 atom stereocenters. The monoisotopic (exact) mass is 752 g/mol. The Bertz CT molecular complexity index is 1850. The molecule has 3 aliphatic heterocycles. The number of carboxylic acid groups (broad SMARTS) is 2. The van der Waals surface area contributed by atoms with Gasteiger partial charge in [0.1, 0.15) is 29.5 Å². The Balaban J connectivity index is 1.17. The third-order valence-corrected chi connectivity index (χ3v) is 12.9. The molecule has 7 rings (SSSR count). The smallest absolute Gasteiger partial charge is 0.352 e.